The van der Waals surface area contributed by atoms with Crippen molar-refractivity contribution >= 4 is 23.2 Å². The van der Waals surface area contributed by atoms with E-state index in [0.717, 1.165) is 33.0 Å². The van der Waals surface area contributed by atoms with Gasteiger partial charge in [0.05, 0.1) is 0 Å². The molecule has 2 aromatic carbocycles. The first-order chi connectivity index (χ1) is 9.13. The molecule has 1 aliphatic rings. The average molecular weight is 269 g/mol. The summed E-state index contributed by atoms with van der Waals surface area (Å²) in [7, 11) is 0. The number of Topliss-reactive ketones (excluding diaryl/α,β-unsaturated/α-hetero) is 1. The van der Waals surface area contributed by atoms with Crippen LogP contribution >= 0.6 is 11.8 Å². The van der Waals surface area contributed by atoms with Gasteiger partial charge in [0.25, 0.3) is 0 Å². The number of anilines is 1. The van der Waals surface area contributed by atoms with Crippen LogP contribution in [0.25, 0.3) is 0 Å². The maximum Gasteiger partial charge on any atom is 0.163 e. The van der Waals surface area contributed by atoms with E-state index in [2.05, 4.69) is 31.2 Å². The second kappa shape index (κ2) is 4.74. The molecule has 3 heteroatoms. The molecule has 0 aromatic heterocycles. The Bertz CT molecular complexity index is 647. The number of carbonyl (C=O) groups is 1. The Labute approximate surface area is 117 Å². The highest BCUT2D eigenvalue weighted by atomic mass is 32.2. The van der Waals surface area contributed by atoms with Gasteiger partial charge >= 0.3 is 0 Å². The summed E-state index contributed by atoms with van der Waals surface area (Å²) in [4.78, 5) is 13.9. The predicted octanol–water partition coefficient (Wildman–Crippen LogP) is 3.86. The fourth-order valence-electron chi connectivity index (χ4n) is 2.31. The lowest BCUT2D eigenvalue weighted by atomic mass is 10.1. The van der Waals surface area contributed by atoms with Crippen molar-refractivity contribution in [2.75, 3.05) is 5.73 Å². The summed E-state index contributed by atoms with van der Waals surface area (Å²) in [6, 6.07) is 12.2. The van der Waals surface area contributed by atoms with Crippen molar-refractivity contribution in [3.8, 4) is 0 Å². The van der Waals surface area contributed by atoms with E-state index in [1.54, 1.807) is 11.8 Å². The summed E-state index contributed by atoms with van der Waals surface area (Å²) in [5.74, 6) is 0.237. The standard InChI is InChI=1S/C16H15NOS/c1-10-2-5-12(6-3-10)19-16-9-13-11(8-14(16)17)4-7-15(13)18/h2-3,5-6,8-9H,4,7,17H2,1H3. The molecule has 1 aliphatic carbocycles. The molecule has 96 valence electrons. The van der Waals surface area contributed by atoms with Crippen LogP contribution in [0.3, 0.4) is 0 Å². The van der Waals surface area contributed by atoms with E-state index >= 15 is 0 Å². The molecule has 0 unspecified atom stereocenters. The Hall–Kier alpha value is -1.74. The van der Waals surface area contributed by atoms with Crippen molar-refractivity contribution < 1.29 is 4.79 Å². The van der Waals surface area contributed by atoms with Crippen LogP contribution in [0.4, 0.5) is 5.69 Å². The Morgan fingerprint density at radius 2 is 1.84 bits per heavy atom. The molecule has 19 heavy (non-hydrogen) atoms. The molecule has 0 radical (unpaired) electrons. The van der Waals surface area contributed by atoms with Gasteiger partial charge in [-0.05, 0) is 43.2 Å². The van der Waals surface area contributed by atoms with E-state index in [1.807, 2.05) is 12.1 Å². The molecule has 2 aromatic rings. The number of fused-ring (bicyclic) bond motifs is 1. The Balaban J connectivity index is 1.95. The van der Waals surface area contributed by atoms with Gasteiger partial charge in [-0.2, -0.15) is 0 Å². The fourth-order valence-corrected chi connectivity index (χ4v) is 3.19. The van der Waals surface area contributed by atoms with Crippen LogP contribution in [-0.4, -0.2) is 5.78 Å². The van der Waals surface area contributed by atoms with Crippen molar-refractivity contribution in [1.82, 2.24) is 0 Å². The molecular formula is C16H15NOS. The number of nitrogen functional groups attached to an aromatic ring is 1. The van der Waals surface area contributed by atoms with Crippen molar-refractivity contribution in [2.24, 2.45) is 0 Å². The molecule has 0 fully saturated rings. The number of carbonyl (C=O) groups excluding carboxylic acids is 1. The maximum absolute atomic E-state index is 11.8. The lowest BCUT2D eigenvalue weighted by Crippen LogP contribution is -1.95. The zero-order chi connectivity index (χ0) is 13.4. The van der Waals surface area contributed by atoms with Gasteiger partial charge in [-0.25, -0.2) is 0 Å². The van der Waals surface area contributed by atoms with Crippen LogP contribution in [-0.2, 0) is 6.42 Å². The number of rotatable bonds is 2. The largest absolute Gasteiger partial charge is 0.398 e. The van der Waals surface area contributed by atoms with Crippen LogP contribution in [0, 0.1) is 6.92 Å². The first-order valence-corrected chi connectivity index (χ1v) is 7.15. The van der Waals surface area contributed by atoms with Crippen LogP contribution < -0.4 is 5.73 Å². The zero-order valence-corrected chi connectivity index (χ0v) is 11.6. The highest BCUT2D eigenvalue weighted by Gasteiger charge is 2.21. The third-order valence-electron chi connectivity index (χ3n) is 3.41. The second-order valence-electron chi connectivity index (χ2n) is 4.89. The van der Waals surface area contributed by atoms with Crippen LogP contribution in [0.15, 0.2) is 46.2 Å². The molecule has 0 aliphatic heterocycles. The number of hydrogen-bond donors (Lipinski definition) is 1. The van der Waals surface area contributed by atoms with Crippen molar-refractivity contribution in [2.45, 2.75) is 29.6 Å². The minimum absolute atomic E-state index is 0.237. The topological polar surface area (TPSA) is 43.1 Å². The zero-order valence-electron chi connectivity index (χ0n) is 10.8. The number of ketones is 1. The first kappa shape index (κ1) is 12.3. The molecule has 0 spiro atoms. The lowest BCUT2D eigenvalue weighted by molar-refractivity contribution is 0.0994. The molecule has 0 heterocycles. The normalized spacial score (nSPS) is 13.6. The van der Waals surface area contributed by atoms with E-state index in [-0.39, 0.29) is 5.78 Å². The van der Waals surface area contributed by atoms with Crippen molar-refractivity contribution in [3.63, 3.8) is 0 Å². The van der Waals surface area contributed by atoms with Crippen LogP contribution in [0.1, 0.15) is 27.9 Å². The van der Waals surface area contributed by atoms with E-state index in [9.17, 15) is 4.79 Å². The summed E-state index contributed by atoms with van der Waals surface area (Å²) in [5.41, 5.74) is 10.0. The number of aryl methyl sites for hydroxylation is 2. The summed E-state index contributed by atoms with van der Waals surface area (Å²) >= 11 is 1.61. The first-order valence-electron chi connectivity index (χ1n) is 6.33. The van der Waals surface area contributed by atoms with E-state index in [0.29, 0.717) is 6.42 Å². The van der Waals surface area contributed by atoms with Crippen LogP contribution in [0.5, 0.6) is 0 Å². The van der Waals surface area contributed by atoms with E-state index < -0.39 is 0 Å². The monoisotopic (exact) mass is 269 g/mol. The Morgan fingerprint density at radius 1 is 1.11 bits per heavy atom. The molecule has 0 atom stereocenters. The van der Waals surface area contributed by atoms with Crippen molar-refractivity contribution in [3.05, 3.63) is 53.1 Å². The molecule has 3 rings (SSSR count). The second-order valence-corrected chi connectivity index (χ2v) is 6.00. The van der Waals surface area contributed by atoms with Gasteiger partial charge in [-0.1, -0.05) is 29.5 Å². The van der Waals surface area contributed by atoms with E-state index in [1.165, 1.54) is 5.56 Å². The average Bonchev–Trinajstić information content (AvgIpc) is 2.74. The highest BCUT2D eigenvalue weighted by molar-refractivity contribution is 7.99. The maximum atomic E-state index is 11.8. The van der Waals surface area contributed by atoms with Gasteiger partial charge in [-0.15, -0.1) is 0 Å². The van der Waals surface area contributed by atoms with Gasteiger partial charge in [0.15, 0.2) is 5.78 Å². The molecule has 0 saturated heterocycles. The lowest BCUT2D eigenvalue weighted by Gasteiger charge is -2.08. The molecule has 0 bridgehead atoms. The Kier molecular flexibility index (Phi) is 3.07. The summed E-state index contributed by atoms with van der Waals surface area (Å²) < 4.78 is 0. The highest BCUT2D eigenvalue weighted by Crippen LogP contribution is 2.36. The SMILES string of the molecule is Cc1ccc(Sc2cc3c(cc2N)CCC3=O)cc1. The third-order valence-corrected chi connectivity index (χ3v) is 4.49. The minimum atomic E-state index is 0.237. The molecule has 2 nitrogen and oxygen atoms in total. The third kappa shape index (κ3) is 2.38. The van der Waals surface area contributed by atoms with Crippen molar-refractivity contribution in [1.29, 1.82) is 0 Å². The van der Waals surface area contributed by atoms with Gasteiger partial charge in [0.2, 0.25) is 0 Å². The molecule has 0 saturated carbocycles. The quantitative estimate of drug-likeness (QED) is 0.842. The fraction of sp³-hybridized carbons (Fsp3) is 0.188. The molecule has 2 N–H and O–H groups in total. The molecular weight excluding hydrogens is 254 g/mol. The minimum Gasteiger partial charge on any atom is -0.398 e. The predicted molar refractivity (Wildman–Crippen MR) is 78.8 cm³/mol. The summed E-state index contributed by atoms with van der Waals surface area (Å²) in [6.45, 7) is 2.07. The number of nitrogens with two attached hydrogens (primary N) is 1. The smallest absolute Gasteiger partial charge is 0.163 e. The van der Waals surface area contributed by atoms with Gasteiger partial charge in [0, 0.05) is 27.5 Å². The van der Waals surface area contributed by atoms with Gasteiger partial charge in [0.1, 0.15) is 0 Å². The summed E-state index contributed by atoms with van der Waals surface area (Å²) in [5, 5.41) is 0. The van der Waals surface area contributed by atoms with Gasteiger partial charge in [-0.3, -0.25) is 4.79 Å². The van der Waals surface area contributed by atoms with E-state index in [4.69, 9.17) is 5.73 Å². The van der Waals surface area contributed by atoms with Gasteiger partial charge < -0.3 is 5.73 Å². The molecule has 0 amide bonds. The number of benzene rings is 2. The Morgan fingerprint density at radius 3 is 2.58 bits per heavy atom. The van der Waals surface area contributed by atoms with Crippen LogP contribution in [0.2, 0.25) is 0 Å². The number of hydrogen-bond acceptors (Lipinski definition) is 3. The summed E-state index contributed by atoms with van der Waals surface area (Å²) in [6.07, 6.45) is 1.45.